The summed E-state index contributed by atoms with van der Waals surface area (Å²) in [6.07, 6.45) is 3.64. The molecule has 3 heterocycles. The number of nitrogens with zero attached hydrogens (tertiary/aromatic N) is 2. The summed E-state index contributed by atoms with van der Waals surface area (Å²) in [6.45, 7) is 0.858. The lowest BCUT2D eigenvalue weighted by Gasteiger charge is -2.11. The van der Waals surface area contributed by atoms with Crippen molar-refractivity contribution in [1.29, 1.82) is 0 Å². The van der Waals surface area contributed by atoms with E-state index < -0.39 is 11.1 Å². The van der Waals surface area contributed by atoms with Crippen LogP contribution in [-0.2, 0) is 11.3 Å². The summed E-state index contributed by atoms with van der Waals surface area (Å²) < 4.78 is 19.6. The standard InChI is InChI=1S/C29H21BrN2O6S/c30-20-6-8-23-22(13-20)19(15-31(23)10-11-36-21-7-9-25-26(14-21)38-17-37-25)12-27-28(34)32(29(35)39-27)16-24(33)18-4-2-1-3-5-18/h1-9,12-15H,10-11,16-17H2/b27-12-. The summed E-state index contributed by atoms with van der Waals surface area (Å²) in [4.78, 5) is 39.7. The lowest BCUT2D eigenvalue weighted by molar-refractivity contribution is -0.122. The maximum atomic E-state index is 13.1. The fraction of sp³-hybridized carbons (Fsp3) is 0.138. The number of hydrogen-bond donors (Lipinski definition) is 0. The Morgan fingerprint density at radius 3 is 2.69 bits per heavy atom. The second-order valence-electron chi connectivity index (χ2n) is 8.86. The minimum Gasteiger partial charge on any atom is -0.492 e. The van der Waals surface area contributed by atoms with Crippen molar-refractivity contribution in [3.8, 4) is 17.2 Å². The minimum absolute atomic E-state index is 0.204. The third kappa shape index (κ3) is 5.17. The van der Waals surface area contributed by atoms with Crippen LogP contribution in [0.1, 0.15) is 15.9 Å². The minimum atomic E-state index is -0.476. The highest BCUT2D eigenvalue weighted by Gasteiger charge is 2.36. The smallest absolute Gasteiger partial charge is 0.293 e. The fourth-order valence-corrected chi connectivity index (χ4v) is 5.65. The summed E-state index contributed by atoms with van der Waals surface area (Å²) in [5.74, 6) is 1.27. The molecule has 4 aromatic rings. The van der Waals surface area contributed by atoms with Crippen LogP contribution in [0.5, 0.6) is 17.2 Å². The van der Waals surface area contributed by atoms with Gasteiger partial charge in [-0.05, 0) is 48.2 Å². The molecule has 1 fully saturated rings. The first kappa shape index (κ1) is 25.3. The van der Waals surface area contributed by atoms with Gasteiger partial charge in [-0.25, -0.2) is 0 Å². The van der Waals surface area contributed by atoms with E-state index in [1.165, 1.54) is 0 Å². The molecule has 2 aliphatic rings. The number of carbonyl (C=O) groups excluding carboxylic acids is 3. The molecular weight excluding hydrogens is 584 g/mol. The Kier molecular flexibility index (Phi) is 6.88. The van der Waals surface area contributed by atoms with Crippen molar-refractivity contribution < 1.29 is 28.6 Å². The molecule has 2 amide bonds. The number of ether oxygens (including phenoxy) is 3. The Bertz CT molecular complexity index is 1650. The van der Waals surface area contributed by atoms with Crippen LogP contribution in [0.15, 0.2) is 82.3 Å². The molecule has 0 spiro atoms. The number of Topliss-reactive ketones (excluding diaryl/α,β-unsaturated/α-hetero) is 1. The lowest BCUT2D eigenvalue weighted by Crippen LogP contribution is -2.33. The molecular formula is C29H21BrN2O6S. The molecule has 0 atom stereocenters. The van der Waals surface area contributed by atoms with Crippen LogP contribution in [0.4, 0.5) is 4.79 Å². The van der Waals surface area contributed by atoms with Gasteiger partial charge in [0.05, 0.1) is 18.0 Å². The number of ketones is 1. The first-order chi connectivity index (χ1) is 19.0. The van der Waals surface area contributed by atoms with Gasteiger partial charge in [-0.2, -0.15) is 0 Å². The van der Waals surface area contributed by atoms with Gasteiger partial charge in [-0.1, -0.05) is 46.3 Å². The van der Waals surface area contributed by atoms with Gasteiger partial charge in [0, 0.05) is 38.8 Å². The van der Waals surface area contributed by atoms with Crippen LogP contribution in [0.3, 0.4) is 0 Å². The number of hydrogen-bond acceptors (Lipinski definition) is 7. The Balaban J connectivity index is 1.21. The van der Waals surface area contributed by atoms with Gasteiger partial charge in [0.1, 0.15) is 12.4 Å². The summed E-state index contributed by atoms with van der Waals surface area (Å²) in [5.41, 5.74) is 2.20. The predicted octanol–water partition coefficient (Wildman–Crippen LogP) is 6.13. The van der Waals surface area contributed by atoms with Crippen molar-refractivity contribution in [2.75, 3.05) is 19.9 Å². The molecule has 3 aromatic carbocycles. The third-order valence-electron chi connectivity index (χ3n) is 6.38. The van der Waals surface area contributed by atoms with E-state index >= 15 is 0 Å². The van der Waals surface area contributed by atoms with Crippen molar-refractivity contribution in [3.05, 3.63) is 93.4 Å². The lowest BCUT2D eigenvalue weighted by atomic mass is 10.1. The zero-order valence-electron chi connectivity index (χ0n) is 20.5. The average molecular weight is 605 g/mol. The van der Waals surface area contributed by atoms with Crippen LogP contribution >= 0.6 is 27.7 Å². The van der Waals surface area contributed by atoms with Gasteiger partial charge in [0.2, 0.25) is 6.79 Å². The second kappa shape index (κ2) is 10.6. The third-order valence-corrected chi connectivity index (χ3v) is 7.78. The van der Waals surface area contributed by atoms with Gasteiger partial charge in [-0.15, -0.1) is 0 Å². The molecule has 39 heavy (non-hydrogen) atoms. The molecule has 196 valence electrons. The molecule has 0 saturated carbocycles. The number of carbonyl (C=O) groups is 3. The van der Waals surface area contributed by atoms with Crippen molar-refractivity contribution >= 4 is 61.6 Å². The first-order valence-corrected chi connectivity index (χ1v) is 13.7. The van der Waals surface area contributed by atoms with Gasteiger partial charge in [-0.3, -0.25) is 19.3 Å². The van der Waals surface area contributed by atoms with Crippen LogP contribution in [0.2, 0.25) is 0 Å². The van der Waals surface area contributed by atoms with Gasteiger partial charge < -0.3 is 18.8 Å². The molecule has 8 nitrogen and oxygen atoms in total. The van der Waals surface area contributed by atoms with E-state index in [0.29, 0.717) is 36.0 Å². The highest BCUT2D eigenvalue weighted by molar-refractivity contribution is 9.10. The monoisotopic (exact) mass is 604 g/mol. The second-order valence-corrected chi connectivity index (χ2v) is 10.8. The van der Waals surface area contributed by atoms with E-state index in [-0.39, 0.29) is 24.0 Å². The molecule has 6 rings (SSSR count). The predicted molar refractivity (Wildman–Crippen MR) is 151 cm³/mol. The first-order valence-electron chi connectivity index (χ1n) is 12.1. The van der Waals surface area contributed by atoms with E-state index in [0.717, 1.165) is 37.6 Å². The molecule has 0 unspecified atom stereocenters. The largest absolute Gasteiger partial charge is 0.492 e. The van der Waals surface area contributed by atoms with Crippen LogP contribution in [0.25, 0.3) is 17.0 Å². The Morgan fingerprint density at radius 1 is 1.03 bits per heavy atom. The molecule has 0 N–H and O–H groups in total. The maximum Gasteiger partial charge on any atom is 0.293 e. The number of aromatic nitrogens is 1. The quantitative estimate of drug-likeness (QED) is 0.176. The molecule has 0 aliphatic carbocycles. The Hall–Kier alpha value is -4.02. The number of thioether (sulfide) groups is 1. The Morgan fingerprint density at radius 2 is 1.85 bits per heavy atom. The van der Waals surface area contributed by atoms with E-state index in [1.54, 1.807) is 42.5 Å². The normalized spacial score (nSPS) is 15.5. The highest BCUT2D eigenvalue weighted by atomic mass is 79.9. The molecule has 2 aliphatic heterocycles. The van der Waals surface area contributed by atoms with Gasteiger partial charge >= 0.3 is 0 Å². The summed E-state index contributed by atoms with van der Waals surface area (Å²) in [5, 5.41) is 0.456. The van der Waals surface area contributed by atoms with Crippen LogP contribution in [-0.4, -0.2) is 46.3 Å². The van der Waals surface area contributed by atoms with E-state index in [1.807, 2.05) is 41.1 Å². The van der Waals surface area contributed by atoms with Crippen LogP contribution < -0.4 is 14.2 Å². The van der Waals surface area contributed by atoms with Crippen molar-refractivity contribution in [2.24, 2.45) is 0 Å². The van der Waals surface area contributed by atoms with Gasteiger partial charge in [0.15, 0.2) is 17.3 Å². The number of benzene rings is 3. The Labute approximate surface area is 236 Å². The number of fused-ring (bicyclic) bond motifs is 2. The summed E-state index contributed by atoms with van der Waals surface area (Å²) >= 11 is 4.37. The fourth-order valence-electron chi connectivity index (χ4n) is 4.46. The van der Waals surface area contributed by atoms with E-state index in [4.69, 9.17) is 14.2 Å². The topological polar surface area (TPSA) is 87.1 Å². The number of rotatable bonds is 8. The SMILES string of the molecule is O=C(CN1C(=O)S/C(=C\c2cn(CCOc3ccc4c(c3)OCO4)c3ccc(Br)cc23)C1=O)c1ccccc1. The van der Waals surface area contributed by atoms with E-state index in [9.17, 15) is 14.4 Å². The maximum absolute atomic E-state index is 13.1. The number of imide groups is 1. The van der Waals surface area contributed by atoms with Crippen LogP contribution in [0, 0.1) is 0 Å². The number of halogens is 1. The van der Waals surface area contributed by atoms with Crippen molar-refractivity contribution in [3.63, 3.8) is 0 Å². The summed E-state index contributed by atoms with van der Waals surface area (Å²) in [7, 11) is 0. The van der Waals surface area contributed by atoms with Gasteiger partial charge in [0.25, 0.3) is 11.1 Å². The zero-order chi connectivity index (χ0) is 26.9. The van der Waals surface area contributed by atoms with Crippen molar-refractivity contribution in [2.45, 2.75) is 6.54 Å². The molecule has 0 radical (unpaired) electrons. The summed E-state index contributed by atoms with van der Waals surface area (Å²) in [6, 6.07) is 20.0. The molecule has 1 aromatic heterocycles. The van der Waals surface area contributed by atoms with Crippen molar-refractivity contribution in [1.82, 2.24) is 9.47 Å². The van der Waals surface area contributed by atoms with E-state index in [2.05, 4.69) is 15.9 Å². The molecule has 1 saturated heterocycles. The number of amides is 2. The molecule has 10 heteroatoms. The highest BCUT2D eigenvalue weighted by Crippen LogP contribution is 2.36. The molecule has 0 bridgehead atoms. The zero-order valence-corrected chi connectivity index (χ0v) is 22.9. The average Bonchev–Trinajstić information content (AvgIpc) is 3.62.